The summed E-state index contributed by atoms with van der Waals surface area (Å²) in [6.07, 6.45) is -37.0. The normalized spacial score (nSPS) is 17.6. The average Bonchev–Trinajstić information content (AvgIpc) is 2.32. The Hall–Kier alpha value is -1.46. The first-order valence-corrected chi connectivity index (χ1v) is 5.44. The fourth-order valence-corrected chi connectivity index (χ4v) is 1.03. The summed E-state index contributed by atoms with van der Waals surface area (Å²) in [6.45, 7) is 1.53. The molecule has 0 aromatic heterocycles. The van der Waals surface area contributed by atoms with Crippen LogP contribution in [-0.4, -0.2) is 42.5 Å². The van der Waals surface area contributed by atoms with Gasteiger partial charge in [-0.1, -0.05) is 6.58 Å². The summed E-state index contributed by atoms with van der Waals surface area (Å²) < 4.78 is 203. The molecule has 0 amide bonds. The highest BCUT2D eigenvalue weighted by Crippen LogP contribution is 2.56. The number of hydrogen-bond donors (Lipinski definition) is 0. The Morgan fingerprint density at radius 3 is 1.04 bits per heavy atom. The smallest absolute Gasteiger partial charge is 0.262 e. The zero-order valence-corrected chi connectivity index (χ0v) is 11.6. The van der Waals surface area contributed by atoms with E-state index in [9.17, 15) is 70.2 Å². The molecule has 0 spiro atoms. The van der Waals surface area contributed by atoms with Gasteiger partial charge in [0.2, 0.25) is 0 Å². The number of rotatable bonds is 6. The second kappa shape index (κ2) is 6.56. The minimum atomic E-state index is -7.79. The average molecular weight is 446 g/mol. The predicted octanol–water partition coefficient (Wildman–Crippen LogP) is 5.71. The maximum atomic E-state index is 13.4. The van der Waals surface area contributed by atoms with Crippen LogP contribution in [0.1, 0.15) is 0 Å². The molecule has 0 bridgehead atoms. The molecule has 0 aromatic rings. The van der Waals surface area contributed by atoms with Gasteiger partial charge in [-0.05, 0) is 0 Å². The van der Waals surface area contributed by atoms with Crippen molar-refractivity contribution < 1.29 is 79.7 Å². The van der Waals surface area contributed by atoms with Crippen LogP contribution in [0.2, 0.25) is 0 Å². The number of alkyl halides is 15. The molecule has 0 aliphatic rings. The summed E-state index contributed by atoms with van der Waals surface area (Å²) in [6, 6.07) is 0. The molecule has 27 heavy (non-hydrogen) atoms. The zero-order valence-electron chi connectivity index (χ0n) is 11.6. The third-order valence-electron chi connectivity index (χ3n) is 2.32. The lowest BCUT2D eigenvalue weighted by molar-refractivity contribution is -0.549. The monoisotopic (exact) mass is 446 g/mol. The van der Waals surface area contributed by atoms with Gasteiger partial charge in [-0.2, -0.15) is 65.9 Å². The van der Waals surface area contributed by atoms with E-state index in [4.69, 9.17) is 0 Å². The molecule has 162 valence electrons. The van der Waals surface area contributed by atoms with Crippen LogP contribution in [-0.2, 0) is 9.47 Å². The van der Waals surface area contributed by atoms with Crippen molar-refractivity contribution in [2.45, 2.75) is 42.5 Å². The first kappa shape index (κ1) is 25.5. The molecule has 0 aliphatic carbocycles. The summed E-state index contributed by atoms with van der Waals surface area (Å²) >= 11 is 0. The summed E-state index contributed by atoms with van der Waals surface area (Å²) in [5.41, 5.74) is 0. The van der Waals surface area contributed by atoms with E-state index in [-0.39, 0.29) is 0 Å². The topological polar surface area (TPSA) is 18.5 Å². The Balaban J connectivity index is 6.47. The molecule has 0 rings (SSSR count). The highest BCUT2D eigenvalue weighted by molar-refractivity contribution is 4.98. The van der Waals surface area contributed by atoms with Gasteiger partial charge in [0.25, 0.3) is 0 Å². The van der Waals surface area contributed by atoms with Gasteiger partial charge in [0.15, 0.2) is 5.83 Å². The number of halogens is 16. The molecule has 1 unspecified atom stereocenters. The van der Waals surface area contributed by atoms with Gasteiger partial charge in [-0.3, -0.25) is 9.47 Å². The van der Waals surface area contributed by atoms with E-state index in [1.165, 1.54) is 11.3 Å². The molecular formula is C9H2F16O2. The molecule has 0 N–H and O–H groups in total. The first-order valence-electron chi connectivity index (χ1n) is 5.44. The second-order valence-electron chi connectivity index (χ2n) is 4.33. The minimum absolute atomic E-state index is 1.32. The Morgan fingerprint density at radius 1 is 0.519 bits per heavy atom. The van der Waals surface area contributed by atoms with Crippen LogP contribution in [0.4, 0.5) is 70.2 Å². The maximum absolute atomic E-state index is 13.4. The van der Waals surface area contributed by atoms with E-state index in [2.05, 4.69) is 0 Å². The van der Waals surface area contributed by atoms with Crippen molar-refractivity contribution in [3.63, 3.8) is 0 Å². The van der Waals surface area contributed by atoms with Crippen LogP contribution < -0.4 is 0 Å². The molecule has 0 fully saturated rings. The Kier molecular flexibility index (Phi) is 6.20. The van der Waals surface area contributed by atoms with Crippen molar-refractivity contribution in [3.8, 4) is 0 Å². The van der Waals surface area contributed by atoms with Crippen molar-refractivity contribution in [2.75, 3.05) is 0 Å². The van der Waals surface area contributed by atoms with Crippen molar-refractivity contribution in [3.05, 3.63) is 12.4 Å². The van der Waals surface area contributed by atoms with E-state index in [0.717, 1.165) is 0 Å². The molecule has 0 radical (unpaired) electrons. The third kappa shape index (κ3) is 4.52. The van der Waals surface area contributed by atoms with E-state index >= 15 is 0 Å². The maximum Gasteiger partial charge on any atom is 0.458 e. The lowest BCUT2D eigenvalue weighted by atomic mass is 10.2. The van der Waals surface area contributed by atoms with Crippen molar-refractivity contribution in [2.24, 2.45) is 0 Å². The Morgan fingerprint density at radius 2 is 0.815 bits per heavy atom. The van der Waals surface area contributed by atoms with Crippen LogP contribution in [0.5, 0.6) is 0 Å². The summed E-state index contributed by atoms with van der Waals surface area (Å²) in [7, 11) is 0. The second-order valence-corrected chi connectivity index (χ2v) is 4.33. The fraction of sp³-hybridized carbons (Fsp3) is 0.778. The van der Waals surface area contributed by atoms with Crippen molar-refractivity contribution in [1.82, 2.24) is 0 Å². The molecular weight excluding hydrogens is 444 g/mol. The van der Waals surface area contributed by atoms with Crippen LogP contribution in [0.25, 0.3) is 0 Å². The molecule has 0 saturated carbocycles. The molecule has 18 heteroatoms. The Bertz CT molecular complexity index is 542. The minimum Gasteiger partial charge on any atom is -0.262 e. The summed E-state index contributed by atoms with van der Waals surface area (Å²) in [5, 5.41) is 0. The van der Waals surface area contributed by atoms with Gasteiger partial charge >= 0.3 is 42.5 Å². The lowest BCUT2D eigenvalue weighted by Gasteiger charge is -2.39. The molecule has 0 aromatic carbocycles. The van der Waals surface area contributed by atoms with Gasteiger partial charge in [0.05, 0.1) is 0 Å². The SMILES string of the molecule is C=C(F)C(F)(F)OC(F)(C(F)(F)F)C(F)(F)OC(F)(C(F)(F)F)C(F)(F)F. The van der Waals surface area contributed by atoms with Crippen molar-refractivity contribution >= 4 is 0 Å². The van der Waals surface area contributed by atoms with Crippen LogP contribution >= 0.6 is 0 Å². The zero-order chi connectivity index (χ0) is 22.5. The largest absolute Gasteiger partial charge is 0.458 e. The van der Waals surface area contributed by atoms with Crippen LogP contribution in [0.3, 0.4) is 0 Å². The summed E-state index contributed by atoms with van der Waals surface area (Å²) in [4.78, 5) is 0. The van der Waals surface area contributed by atoms with E-state index in [1.54, 1.807) is 4.74 Å². The van der Waals surface area contributed by atoms with Crippen LogP contribution in [0.15, 0.2) is 12.4 Å². The van der Waals surface area contributed by atoms with E-state index < -0.39 is 48.3 Å². The quantitative estimate of drug-likeness (QED) is 0.487. The standard InChI is InChI=1S/C9H2F16O2/c1-2(10)3(11,12)26-5(14,8(21,22)23)9(24,25)27-4(13,6(15,16)17)7(18,19)20/h1H2. The van der Waals surface area contributed by atoms with Crippen molar-refractivity contribution in [1.29, 1.82) is 0 Å². The molecule has 0 aliphatic heterocycles. The Labute approximate surface area is 136 Å². The summed E-state index contributed by atoms with van der Waals surface area (Å²) in [5.74, 6) is -18.7. The number of ether oxygens (including phenoxy) is 2. The molecule has 1 atom stereocenters. The first-order chi connectivity index (χ1) is 11.4. The van der Waals surface area contributed by atoms with Gasteiger partial charge in [-0.25, -0.2) is 4.39 Å². The third-order valence-corrected chi connectivity index (χ3v) is 2.32. The van der Waals surface area contributed by atoms with Gasteiger partial charge in [0, 0.05) is 0 Å². The predicted molar refractivity (Wildman–Crippen MR) is 48.2 cm³/mol. The van der Waals surface area contributed by atoms with Gasteiger partial charge < -0.3 is 0 Å². The van der Waals surface area contributed by atoms with Crippen LogP contribution in [0, 0.1) is 0 Å². The lowest BCUT2D eigenvalue weighted by Crippen LogP contribution is -2.67. The number of hydrogen-bond acceptors (Lipinski definition) is 2. The van der Waals surface area contributed by atoms with Gasteiger partial charge in [0.1, 0.15) is 0 Å². The van der Waals surface area contributed by atoms with E-state index in [0.29, 0.717) is 0 Å². The highest BCUT2D eigenvalue weighted by Gasteiger charge is 2.84. The fourth-order valence-electron chi connectivity index (χ4n) is 1.03. The molecule has 2 nitrogen and oxygen atoms in total. The molecule has 0 saturated heterocycles. The highest BCUT2D eigenvalue weighted by atomic mass is 19.4. The van der Waals surface area contributed by atoms with E-state index in [1.807, 2.05) is 0 Å². The van der Waals surface area contributed by atoms with Gasteiger partial charge in [-0.15, -0.1) is 0 Å². The molecule has 0 heterocycles.